The van der Waals surface area contributed by atoms with Crippen molar-refractivity contribution in [2.24, 2.45) is 0 Å². The van der Waals surface area contributed by atoms with Gasteiger partial charge in [-0.05, 0) is 12.8 Å². The fourth-order valence-electron chi connectivity index (χ4n) is 1.28. The zero-order chi connectivity index (χ0) is 12.9. The number of ether oxygens (including phenoxy) is 1. The maximum absolute atomic E-state index is 10.7. The molecule has 0 bridgehead atoms. The third-order valence-corrected chi connectivity index (χ3v) is 2.15. The summed E-state index contributed by atoms with van der Waals surface area (Å²) < 4.78 is 4.81. The lowest BCUT2D eigenvalue weighted by Gasteiger charge is -2.02. The summed E-state index contributed by atoms with van der Waals surface area (Å²) in [5, 5.41) is 9.05. The molecule has 0 aromatic heterocycles. The summed E-state index contributed by atoms with van der Waals surface area (Å²) in [6.45, 7) is 3.89. The average molecular weight is 245 g/mol. The van der Waals surface area contributed by atoms with Gasteiger partial charge in [0, 0.05) is 6.08 Å². The molecule has 0 saturated heterocycles. The van der Waals surface area contributed by atoms with Gasteiger partial charge < -0.3 is 9.57 Å². The molecule has 0 atom stereocenters. The predicted octanol–water partition coefficient (Wildman–Crippen LogP) is 2.26. The van der Waals surface area contributed by atoms with Gasteiger partial charge in [-0.1, -0.05) is 32.3 Å². The van der Waals surface area contributed by atoms with Crippen molar-refractivity contribution in [2.75, 3.05) is 13.2 Å². The molecule has 0 radical (unpaired) electrons. The van der Waals surface area contributed by atoms with Crippen LogP contribution >= 0.6 is 0 Å². The second-order valence-corrected chi connectivity index (χ2v) is 3.55. The van der Waals surface area contributed by atoms with Gasteiger partial charge in [-0.2, -0.15) is 0 Å². The molecule has 0 rings (SSSR count). The van der Waals surface area contributed by atoms with Crippen LogP contribution in [0.4, 0.5) is 0 Å². The molecule has 0 aliphatic rings. The molecule has 17 heavy (non-hydrogen) atoms. The highest BCUT2D eigenvalue weighted by Gasteiger charge is 1.97. The molecule has 0 heterocycles. The highest BCUT2D eigenvalue weighted by Crippen LogP contribution is 2.05. The first-order valence-electron chi connectivity index (χ1n) is 5.73. The Balaban J connectivity index is 3.06. The topological polar surface area (TPSA) is 78.7 Å². The van der Waals surface area contributed by atoms with Crippen molar-refractivity contribution >= 4 is 5.97 Å². The molecule has 0 N–H and O–H groups in total. The van der Waals surface area contributed by atoms with Crippen LogP contribution in [0.1, 0.15) is 38.5 Å². The van der Waals surface area contributed by atoms with E-state index < -0.39 is 5.09 Å². The van der Waals surface area contributed by atoms with Crippen molar-refractivity contribution in [3.05, 3.63) is 22.8 Å². The summed E-state index contributed by atoms with van der Waals surface area (Å²) in [4.78, 5) is 24.7. The summed E-state index contributed by atoms with van der Waals surface area (Å²) in [7, 11) is 0. The molecule has 0 spiro atoms. The van der Waals surface area contributed by atoms with E-state index in [9.17, 15) is 14.9 Å². The number of unbranched alkanes of at least 4 members (excludes halogenated alkanes) is 5. The second-order valence-electron chi connectivity index (χ2n) is 3.55. The maximum Gasteiger partial charge on any atom is 0.330 e. The van der Waals surface area contributed by atoms with E-state index >= 15 is 0 Å². The van der Waals surface area contributed by atoms with E-state index in [0.29, 0.717) is 13.0 Å². The quantitative estimate of drug-likeness (QED) is 0.183. The van der Waals surface area contributed by atoms with Crippen molar-refractivity contribution in [3.8, 4) is 0 Å². The largest absolute Gasteiger partial charge is 0.463 e. The molecule has 0 aromatic carbocycles. The fraction of sp³-hybridized carbons (Fsp3) is 0.727. The summed E-state index contributed by atoms with van der Waals surface area (Å²) in [6, 6.07) is 0. The number of nitrogens with zero attached hydrogens (tertiary/aromatic N) is 1. The number of rotatable bonds is 11. The van der Waals surface area contributed by atoms with Gasteiger partial charge in [0.1, 0.15) is 0 Å². The van der Waals surface area contributed by atoms with E-state index in [4.69, 9.17) is 4.74 Å². The highest BCUT2D eigenvalue weighted by molar-refractivity contribution is 5.81. The lowest BCUT2D eigenvalue weighted by Crippen LogP contribution is -2.02. The van der Waals surface area contributed by atoms with Crippen LogP contribution in [0.15, 0.2) is 12.7 Å². The van der Waals surface area contributed by atoms with Gasteiger partial charge >= 0.3 is 5.97 Å². The van der Waals surface area contributed by atoms with Gasteiger partial charge in [-0.15, -0.1) is 10.1 Å². The van der Waals surface area contributed by atoms with E-state index in [-0.39, 0.29) is 12.6 Å². The van der Waals surface area contributed by atoms with Crippen LogP contribution in [-0.2, 0) is 14.4 Å². The Hall–Kier alpha value is -1.59. The minimum absolute atomic E-state index is 0.171. The Morgan fingerprint density at radius 1 is 1.12 bits per heavy atom. The van der Waals surface area contributed by atoms with E-state index in [1.165, 1.54) is 0 Å². The first-order chi connectivity index (χ1) is 8.16. The summed E-state index contributed by atoms with van der Waals surface area (Å²) >= 11 is 0. The maximum atomic E-state index is 10.7. The molecule has 0 aliphatic carbocycles. The molecular weight excluding hydrogens is 226 g/mol. The second kappa shape index (κ2) is 10.9. The summed E-state index contributed by atoms with van der Waals surface area (Å²) in [6.07, 6.45) is 6.63. The van der Waals surface area contributed by atoms with Crippen LogP contribution in [0.3, 0.4) is 0 Å². The minimum Gasteiger partial charge on any atom is -0.463 e. The van der Waals surface area contributed by atoms with Crippen molar-refractivity contribution in [3.63, 3.8) is 0 Å². The Bertz CT molecular complexity index is 242. The SMILES string of the molecule is C=CC(=O)OCCCCCCCCO[N+](=O)[O-]. The number of carbonyl (C=O) groups excluding carboxylic acids is 1. The van der Waals surface area contributed by atoms with Crippen LogP contribution in [0.2, 0.25) is 0 Å². The van der Waals surface area contributed by atoms with Gasteiger partial charge in [-0.3, -0.25) is 0 Å². The number of esters is 1. The molecule has 0 amide bonds. The molecule has 6 heteroatoms. The van der Waals surface area contributed by atoms with Gasteiger partial charge in [0.25, 0.3) is 5.09 Å². The van der Waals surface area contributed by atoms with Crippen LogP contribution in [0.25, 0.3) is 0 Å². The third-order valence-electron chi connectivity index (χ3n) is 2.15. The molecule has 0 fully saturated rings. The Morgan fingerprint density at radius 2 is 1.65 bits per heavy atom. The summed E-state index contributed by atoms with van der Waals surface area (Å²) in [5.74, 6) is -0.387. The molecule has 0 saturated carbocycles. The van der Waals surface area contributed by atoms with Gasteiger partial charge in [0.15, 0.2) is 0 Å². The molecule has 6 nitrogen and oxygen atoms in total. The normalized spacial score (nSPS) is 9.65. The van der Waals surface area contributed by atoms with Gasteiger partial charge in [0.05, 0.1) is 13.2 Å². The lowest BCUT2D eigenvalue weighted by molar-refractivity contribution is -0.757. The number of carbonyl (C=O) groups is 1. The fourth-order valence-corrected chi connectivity index (χ4v) is 1.28. The Labute approximate surface area is 101 Å². The van der Waals surface area contributed by atoms with Crippen LogP contribution in [0, 0.1) is 10.1 Å². The van der Waals surface area contributed by atoms with Crippen molar-refractivity contribution in [1.82, 2.24) is 0 Å². The Kier molecular flexibility index (Phi) is 9.89. The van der Waals surface area contributed by atoms with Gasteiger partial charge in [-0.25, -0.2) is 4.79 Å². The predicted molar refractivity (Wildman–Crippen MR) is 61.8 cm³/mol. The van der Waals surface area contributed by atoms with Crippen LogP contribution in [-0.4, -0.2) is 24.3 Å². The third kappa shape index (κ3) is 12.3. The lowest BCUT2D eigenvalue weighted by atomic mass is 10.1. The van der Waals surface area contributed by atoms with Crippen LogP contribution in [0.5, 0.6) is 0 Å². The van der Waals surface area contributed by atoms with E-state index in [1.807, 2.05) is 0 Å². The van der Waals surface area contributed by atoms with E-state index in [0.717, 1.165) is 38.2 Å². The average Bonchev–Trinajstić information content (AvgIpc) is 2.30. The molecule has 0 unspecified atom stereocenters. The molecule has 0 aromatic rings. The van der Waals surface area contributed by atoms with Crippen molar-refractivity contribution in [2.45, 2.75) is 38.5 Å². The molecular formula is C11H19NO5. The standard InChI is InChI=1S/C11H19NO5/c1-2-11(13)16-9-7-5-3-4-6-8-10-17-12(14)15/h2H,1,3-10H2. The van der Waals surface area contributed by atoms with E-state index in [1.54, 1.807) is 0 Å². The first-order valence-corrected chi connectivity index (χ1v) is 5.73. The zero-order valence-corrected chi connectivity index (χ0v) is 9.93. The number of hydrogen-bond acceptors (Lipinski definition) is 5. The van der Waals surface area contributed by atoms with Crippen molar-refractivity contribution < 1.29 is 19.5 Å². The molecule has 0 aliphatic heterocycles. The smallest absolute Gasteiger partial charge is 0.330 e. The van der Waals surface area contributed by atoms with E-state index in [2.05, 4.69) is 11.4 Å². The zero-order valence-electron chi connectivity index (χ0n) is 9.93. The van der Waals surface area contributed by atoms with Crippen LogP contribution < -0.4 is 0 Å². The highest BCUT2D eigenvalue weighted by atomic mass is 16.9. The monoisotopic (exact) mass is 245 g/mol. The summed E-state index contributed by atoms with van der Waals surface area (Å²) in [5.41, 5.74) is 0. The first kappa shape index (κ1) is 15.4. The minimum atomic E-state index is -0.770. The Morgan fingerprint density at radius 3 is 2.18 bits per heavy atom. The van der Waals surface area contributed by atoms with Crippen molar-refractivity contribution in [1.29, 1.82) is 0 Å². The van der Waals surface area contributed by atoms with Gasteiger partial charge in [0.2, 0.25) is 0 Å². The molecule has 98 valence electrons. The number of hydrogen-bond donors (Lipinski definition) is 0.